The molecular formula is C16H16FN3O4S. The average Bonchev–Trinajstić information content (AvgIpc) is 2.53. The Bertz CT molecular complexity index is 883. The number of anilines is 2. The van der Waals surface area contributed by atoms with E-state index < -0.39 is 28.3 Å². The first kappa shape index (κ1) is 18.6. The standard InChI is InChI=1S/C16H16FN3O4S/c1-11(21)19-13-5-7-15(8-6-13)25(23,24)18-10-16(22)20-14-4-2-3-12(17)9-14/h2-9,18H,10H2,1H3,(H,19,21)(H,20,22). The number of hydrogen-bond acceptors (Lipinski definition) is 4. The van der Waals surface area contributed by atoms with Gasteiger partial charge in [-0.1, -0.05) is 6.07 Å². The van der Waals surface area contributed by atoms with Crippen LogP contribution in [0, 0.1) is 5.82 Å². The lowest BCUT2D eigenvalue weighted by molar-refractivity contribution is -0.115. The molecule has 2 amide bonds. The zero-order chi connectivity index (χ0) is 18.4. The van der Waals surface area contributed by atoms with Gasteiger partial charge in [0.25, 0.3) is 0 Å². The number of carbonyl (C=O) groups excluding carboxylic acids is 2. The van der Waals surface area contributed by atoms with Crippen LogP contribution in [0.4, 0.5) is 15.8 Å². The predicted molar refractivity (Wildman–Crippen MR) is 91.0 cm³/mol. The first-order valence-corrected chi connectivity index (χ1v) is 8.67. The SMILES string of the molecule is CC(=O)Nc1ccc(S(=O)(=O)NCC(=O)Nc2cccc(F)c2)cc1. The highest BCUT2D eigenvalue weighted by molar-refractivity contribution is 7.89. The number of benzene rings is 2. The van der Waals surface area contributed by atoms with E-state index in [2.05, 4.69) is 15.4 Å². The molecule has 25 heavy (non-hydrogen) atoms. The molecule has 0 atom stereocenters. The molecule has 0 saturated carbocycles. The highest BCUT2D eigenvalue weighted by Crippen LogP contribution is 2.14. The van der Waals surface area contributed by atoms with Gasteiger partial charge in [0.2, 0.25) is 21.8 Å². The molecule has 0 radical (unpaired) electrons. The number of nitrogens with one attached hydrogen (secondary N) is 3. The fourth-order valence-electron chi connectivity index (χ4n) is 1.94. The molecule has 132 valence electrons. The molecule has 0 aliphatic heterocycles. The van der Waals surface area contributed by atoms with E-state index in [1.165, 1.54) is 49.4 Å². The van der Waals surface area contributed by atoms with Crippen molar-refractivity contribution in [3.63, 3.8) is 0 Å². The second kappa shape index (κ2) is 7.86. The van der Waals surface area contributed by atoms with Crippen molar-refractivity contribution in [2.45, 2.75) is 11.8 Å². The van der Waals surface area contributed by atoms with E-state index in [-0.39, 0.29) is 16.5 Å². The Morgan fingerprint density at radius 1 is 1.00 bits per heavy atom. The molecule has 0 fully saturated rings. The van der Waals surface area contributed by atoms with Crippen molar-refractivity contribution in [1.29, 1.82) is 0 Å². The van der Waals surface area contributed by atoms with Gasteiger partial charge in [-0.05, 0) is 42.5 Å². The van der Waals surface area contributed by atoms with Gasteiger partial charge in [-0.25, -0.2) is 17.5 Å². The lowest BCUT2D eigenvalue weighted by Gasteiger charge is -2.09. The van der Waals surface area contributed by atoms with Crippen molar-refractivity contribution in [2.75, 3.05) is 17.2 Å². The zero-order valence-electron chi connectivity index (χ0n) is 13.2. The highest BCUT2D eigenvalue weighted by Gasteiger charge is 2.15. The molecule has 3 N–H and O–H groups in total. The molecule has 2 aromatic carbocycles. The number of halogens is 1. The van der Waals surface area contributed by atoms with Gasteiger partial charge < -0.3 is 10.6 Å². The molecule has 0 aliphatic carbocycles. The highest BCUT2D eigenvalue weighted by atomic mass is 32.2. The van der Waals surface area contributed by atoms with Gasteiger partial charge in [0, 0.05) is 18.3 Å². The van der Waals surface area contributed by atoms with Crippen molar-refractivity contribution in [2.24, 2.45) is 0 Å². The molecule has 0 spiro atoms. The normalized spacial score (nSPS) is 11.0. The van der Waals surface area contributed by atoms with Crippen LogP contribution < -0.4 is 15.4 Å². The second-order valence-electron chi connectivity index (χ2n) is 5.09. The molecule has 0 saturated heterocycles. The van der Waals surface area contributed by atoms with Crippen LogP contribution in [-0.2, 0) is 19.6 Å². The fraction of sp³-hybridized carbons (Fsp3) is 0.125. The maximum absolute atomic E-state index is 13.0. The summed E-state index contributed by atoms with van der Waals surface area (Å²) in [6.07, 6.45) is 0. The molecule has 2 aromatic rings. The molecule has 0 unspecified atom stereocenters. The Kier molecular flexibility index (Phi) is 5.84. The topological polar surface area (TPSA) is 104 Å². The summed E-state index contributed by atoms with van der Waals surface area (Å²) in [5.74, 6) is -1.43. The Morgan fingerprint density at radius 2 is 1.68 bits per heavy atom. The number of rotatable bonds is 6. The molecule has 9 heteroatoms. The van der Waals surface area contributed by atoms with Gasteiger partial charge >= 0.3 is 0 Å². The van der Waals surface area contributed by atoms with Gasteiger partial charge in [0.15, 0.2) is 0 Å². The summed E-state index contributed by atoms with van der Waals surface area (Å²) in [6.45, 7) is 0.829. The van der Waals surface area contributed by atoms with Crippen molar-refractivity contribution < 1.29 is 22.4 Å². The van der Waals surface area contributed by atoms with Gasteiger partial charge in [-0.15, -0.1) is 0 Å². The molecular weight excluding hydrogens is 349 g/mol. The summed E-state index contributed by atoms with van der Waals surface area (Å²) in [4.78, 5) is 22.6. The third-order valence-corrected chi connectivity index (χ3v) is 4.43. The maximum Gasteiger partial charge on any atom is 0.241 e. The molecule has 2 rings (SSSR count). The average molecular weight is 365 g/mol. The number of amides is 2. The summed E-state index contributed by atoms with van der Waals surface area (Å²) in [7, 11) is -3.90. The quantitative estimate of drug-likeness (QED) is 0.725. The number of sulfonamides is 1. The Hall–Kier alpha value is -2.78. The van der Waals surface area contributed by atoms with Crippen molar-refractivity contribution in [1.82, 2.24) is 4.72 Å². The van der Waals surface area contributed by atoms with Crippen LogP contribution in [0.5, 0.6) is 0 Å². The van der Waals surface area contributed by atoms with E-state index in [1.807, 2.05) is 0 Å². The van der Waals surface area contributed by atoms with Crippen LogP contribution in [0.3, 0.4) is 0 Å². The summed E-state index contributed by atoms with van der Waals surface area (Å²) in [5.41, 5.74) is 0.680. The van der Waals surface area contributed by atoms with E-state index in [0.29, 0.717) is 5.69 Å². The van der Waals surface area contributed by atoms with Crippen LogP contribution >= 0.6 is 0 Å². The summed E-state index contributed by atoms with van der Waals surface area (Å²) >= 11 is 0. The summed E-state index contributed by atoms with van der Waals surface area (Å²) < 4.78 is 39.5. The van der Waals surface area contributed by atoms with Crippen LogP contribution in [0.2, 0.25) is 0 Å². The van der Waals surface area contributed by atoms with Crippen LogP contribution in [0.15, 0.2) is 53.4 Å². The van der Waals surface area contributed by atoms with Gasteiger partial charge in [-0.3, -0.25) is 9.59 Å². The lowest BCUT2D eigenvalue weighted by Crippen LogP contribution is -2.32. The van der Waals surface area contributed by atoms with Gasteiger partial charge in [0.1, 0.15) is 5.82 Å². The first-order chi connectivity index (χ1) is 11.8. The summed E-state index contributed by atoms with van der Waals surface area (Å²) in [5, 5.41) is 4.90. The van der Waals surface area contributed by atoms with E-state index in [4.69, 9.17) is 0 Å². The number of carbonyl (C=O) groups is 2. The maximum atomic E-state index is 13.0. The van der Waals surface area contributed by atoms with E-state index in [9.17, 15) is 22.4 Å². The summed E-state index contributed by atoms with van der Waals surface area (Å²) in [6, 6.07) is 10.7. The minimum Gasteiger partial charge on any atom is -0.326 e. The molecule has 0 aromatic heterocycles. The zero-order valence-corrected chi connectivity index (χ0v) is 14.1. The van der Waals surface area contributed by atoms with Crippen LogP contribution in [-0.4, -0.2) is 26.8 Å². The van der Waals surface area contributed by atoms with E-state index >= 15 is 0 Å². The minimum atomic E-state index is -3.90. The Morgan fingerprint density at radius 3 is 2.28 bits per heavy atom. The second-order valence-corrected chi connectivity index (χ2v) is 6.86. The minimum absolute atomic E-state index is 0.0554. The fourth-order valence-corrected chi connectivity index (χ4v) is 2.92. The molecule has 0 bridgehead atoms. The Balaban J connectivity index is 1.96. The van der Waals surface area contributed by atoms with Crippen molar-refractivity contribution in [3.05, 3.63) is 54.3 Å². The lowest BCUT2D eigenvalue weighted by atomic mass is 10.3. The molecule has 0 heterocycles. The number of hydrogen-bond donors (Lipinski definition) is 3. The third kappa shape index (κ3) is 5.66. The largest absolute Gasteiger partial charge is 0.326 e. The smallest absolute Gasteiger partial charge is 0.241 e. The van der Waals surface area contributed by atoms with E-state index in [0.717, 1.165) is 6.07 Å². The van der Waals surface area contributed by atoms with Crippen LogP contribution in [0.1, 0.15) is 6.92 Å². The molecule has 7 nitrogen and oxygen atoms in total. The van der Waals surface area contributed by atoms with Gasteiger partial charge in [-0.2, -0.15) is 0 Å². The van der Waals surface area contributed by atoms with Crippen molar-refractivity contribution in [3.8, 4) is 0 Å². The third-order valence-electron chi connectivity index (χ3n) is 3.02. The predicted octanol–water partition coefficient (Wildman–Crippen LogP) is 1.70. The van der Waals surface area contributed by atoms with E-state index in [1.54, 1.807) is 0 Å². The molecule has 0 aliphatic rings. The van der Waals surface area contributed by atoms with Crippen LogP contribution in [0.25, 0.3) is 0 Å². The van der Waals surface area contributed by atoms with Gasteiger partial charge in [0.05, 0.1) is 11.4 Å². The first-order valence-electron chi connectivity index (χ1n) is 7.19. The Labute approximate surface area is 144 Å². The monoisotopic (exact) mass is 365 g/mol. The van der Waals surface area contributed by atoms with Crippen molar-refractivity contribution >= 4 is 33.2 Å².